The molecule has 0 fully saturated rings. The van der Waals surface area contributed by atoms with Crippen molar-refractivity contribution in [3.63, 3.8) is 0 Å². The lowest BCUT2D eigenvalue weighted by molar-refractivity contribution is 1.07. The van der Waals surface area contributed by atoms with E-state index in [1.54, 1.807) is 0 Å². The lowest BCUT2D eigenvalue weighted by Gasteiger charge is -1.83. The van der Waals surface area contributed by atoms with E-state index in [4.69, 9.17) is 23.2 Å². The van der Waals surface area contributed by atoms with Crippen molar-refractivity contribution in [2.45, 2.75) is 4.84 Å². The SMILES string of the molecule is O=NCC(Cl)Cl. The summed E-state index contributed by atoms with van der Waals surface area (Å²) in [5.74, 6) is 0. The summed E-state index contributed by atoms with van der Waals surface area (Å²) in [5.41, 5.74) is 0. The number of halogens is 2. The molecule has 0 radical (unpaired) electrons. The van der Waals surface area contributed by atoms with Gasteiger partial charge in [0.1, 0.15) is 11.4 Å². The van der Waals surface area contributed by atoms with E-state index in [-0.39, 0.29) is 6.54 Å². The van der Waals surface area contributed by atoms with E-state index in [0.717, 1.165) is 0 Å². The summed E-state index contributed by atoms with van der Waals surface area (Å²) in [7, 11) is 0. The second-order valence-corrected chi connectivity index (χ2v) is 1.98. The lowest BCUT2D eigenvalue weighted by Crippen LogP contribution is -1.88. The van der Waals surface area contributed by atoms with Gasteiger partial charge in [-0.25, -0.2) is 0 Å². The van der Waals surface area contributed by atoms with Crippen molar-refractivity contribution in [2.24, 2.45) is 5.18 Å². The van der Waals surface area contributed by atoms with Crippen molar-refractivity contribution in [3.8, 4) is 0 Å². The van der Waals surface area contributed by atoms with Crippen molar-refractivity contribution in [2.75, 3.05) is 6.54 Å². The van der Waals surface area contributed by atoms with Gasteiger partial charge in [0.05, 0.1) is 0 Å². The molecule has 0 aromatic carbocycles. The van der Waals surface area contributed by atoms with Gasteiger partial charge in [0.2, 0.25) is 0 Å². The summed E-state index contributed by atoms with van der Waals surface area (Å²) in [6.07, 6.45) is 0. The monoisotopic (exact) mass is 127 g/mol. The van der Waals surface area contributed by atoms with Gasteiger partial charge in [-0.1, -0.05) is 5.18 Å². The third-order valence-electron chi connectivity index (χ3n) is 0.213. The van der Waals surface area contributed by atoms with Crippen LogP contribution in [0.1, 0.15) is 0 Å². The van der Waals surface area contributed by atoms with E-state index >= 15 is 0 Å². The molecule has 0 aromatic rings. The normalized spacial score (nSPS) is 9.17. The van der Waals surface area contributed by atoms with Crippen molar-refractivity contribution >= 4 is 23.2 Å². The Morgan fingerprint density at radius 3 is 2.17 bits per heavy atom. The van der Waals surface area contributed by atoms with Crippen LogP contribution in [0.4, 0.5) is 0 Å². The number of hydrogen-bond acceptors (Lipinski definition) is 2. The van der Waals surface area contributed by atoms with Crippen LogP contribution in [0.5, 0.6) is 0 Å². The van der Waals surface area contributed by atoms with Crippen LogP contribution in [0.3, 0.4) is 0 Å². The highest BCUT2D eigenvalue weighted by molar-refractivity contribution is 6.44. The quantitative estimate of drug-likeness (QED) is 0.409. The topological polar surface area (TPSA) is 29.4 Å². The molecule has 0 aliphatic heterocycles. The standard InChI is InChI=1S/C2H3Cl2NO/c3-2(4)1-5-6/h2H,1H2. The molecule has 0 heterocycles. The first-order valence-corrected chi connectivity index (χ1v) is 2.22. The maximum Gasteiger partial charge on any atom is 0.130 e. The Morgan fingerprint density at radius 1 is 1.67 bits per heavy atom. The third kappa shape index (κ3) is 4.18. The van der Waals surface area contributed by atoms with E-state index in [1.165, 1.54) is 0 Å². The molecule has 0 atom stereocenters. The molecule has 0 aliphatic rings. The molecule has 36 valence electrons. The molecule has 6 heavy (non-hydrogen) atoms. The molecule has 0 rings (SSSR count). The van der Waals surface area contributed by atoms with E-state index in [1.807, 2.05) is 0 Å². The first-order valence-electron chi connectivity index (χ1n) is 1.34. The van der Waals surface area contributed by atoms with Crippen LogP contribution >= 0.6 is 23.2 Å². The third-order valence-corrected chi connectivity index (χ3v) is 0.489. The summed E-state index contributed by atoms with van der Waals surface area (Å²) < 4.78 is 0. The molecule has 0 bridgehead atoms. The zero-order valence-electron chi connectivity index (χ0n) is 2.90. The van der Waals surface area contributed by atoms with Crippen LogP contribution in [-0.4, -0.2) is 11.4 Å². The summed E-state index contributed by atoms with van der Waals surface area (Å²) in [4.78, 5) is 8.56. The molecule has 0 N–H and O–H groups in total. The zero-order valence-corrected chi connectivity index (χ0v) is 4.41. The number of hydrogen-bond donors (Lipinski definition) is 0. The second kappa shape index (κ2) is 3.37. The fourth-order valence-electron chi connectivity index (χ4n) is 0.0563. The van der Waals surface area contributed by atoms with Gasteiger partial charge in [-0.3, -0.25) is 0 Å². The molecule has 0 amide bonds. The van der Waals surface area contributed by atoms with Crippen LogP contribution in [0.25, 0.3) is 0 Å². The fraction of sp³-hybridized carbons (Fsp3) is 1.00. The summed E-state index contributed by atoms with van der Waals surface area (Å²) in [6.45, 7) is -0.0247. The first-order chi connectivity index (χ1) is 2.77. The number of alkyl halides is 2. The van der Waals surface area contributed by atoms with Crippen LogP contribution in [0, 0.1) is 4.91 Å². The Hall–Kier alpha value is 0.180. The summed E-state index contributed by atoms with van der Waals surface area (Å²) in [6, 6.07) is 0. The highest BCUT2D eigenvalue weighted by atomic mass is 35.5. The predicted molar refractivity (Wildman–Crippen MR) is 26.2 cm³/mol. The van der Waals surface area contributed by atoms with E-state index < -0.39 is 4.84 Å². The van der Waals surface area contributed by atoms with Gasteiger partial charge in [0, 0.05) is 0 Å². The Balaban J connectivity index is 2.81. The zero-order chi connectivity index (χ0) is 4.99. The Morgan fingerprint density at radius 2 is 2.17 bits per heavy atom. The van der Waals surface area contributed by atoms with Crippen molar-refractivity contribution in [3.05, 3.63) is 4.91 Å². The van der Waals surface area contributed by atoms with Crippen LogP contribution in [-0.2, 0) is 0 Å². The molecular formula is C2H3Cl2NO. The van der Waals surface area contributed by atoms with Crippen molar-refractivity contribution < 1.29 is 0 Å². The minimum atomic E-state index is -0.637. The van der Waals surface area contributed by atoms with E-state index in [2.05, 4.69) is 5.18 Å². The van der Waals surface area contributed by atoms with Gasteiger partial charge in [-0.05, 0) is 0 Å². The van der Waals surface area contributed by atoms with Gasteiger partial charge in [-0.15, -0.1) is 23.2 Å². The first kappa shape index (κ1) is 6.18. The number of nitroso groups, excluding NO2 is 1. The van der Waals surface area contributed by atoms with Gasteiger partial charge >= 0.3 is 0 Å². The summed E-state index contributed by atoms with van der Waals surface area (Å²) in [5, 5.41) is 2.42. The highest BCUT2D eigenvalue weighted by Crippen LogP contribution is 1.99. The minimum absolute atomic E-state index is 0.0247. The predicted octanol–water partition coefficient (Wildman–Crippen LogP) is 1.56. The molecule has 4 heteroatoms. The molecule has 0 spiro atoms. The van der Waals surface area contributed by atoms with Crippen molar-refractivity contribution in [1.82, 2.24) is 0 Å². The van der Waals surface area contributed by atoms with Crippen LogP contribution in [0.2, 0.25) is 0 Å². The lowest BCUT2D eigenvalue weighted by atomic mass is 10.8. The van der Waals surface area contributed by atoms with Crippen LogP contribution in [0.15, 0.2) is 5.18 Å². The average Bonchev–Trinajstić information content (AvgIpc) is 1.35. The largest absolute Gasteiger partial charge is 0.151 e. The van der Waals surface area contributed by atoms with Gasteiger partial charge < -0.3 is 0 Å². The van der Waals surface area contributed by atoms with Crippen LogP contribution < -0.4 is 0 Å². The molecule has 0 unspecified atom stereocenters. The summed E-state index contributed by atoms with van der Waals surface area (Å²) >= 11 is 10.1. The molecular weight excluding hydrogens is 125 g/mol. The average molecular weight is 128 g/mol. The highest BCUT2D eigenvalue weighted by Gasteiger charge is 1.93. The van der Waals surface area contributed by atoms with Gasteiger partial charge in [0.15, 0.2) is 0 Å². The minimum Gasteiger partial charge on any atom is -0.151 e. The Bertz CT molecular complexity index is 46.8. The van der Waals surface area contributed by atoms with Gasteiger partial charge in [-0.2, -0.15) is 4.91 Å². The molecule has 0 aliphatic carbocycles. The Kier molecular flexibility index (Phi) is 3.47. The number of rotatable bonds is 2. The maximum absolute atomic E-state index is 9.20. The number of nitrogens with zero attached hydrogens (tertiary/aromatic N) is 1. The second-order valence-electron chi connectivity index (χ2n) is 0.703. The maximum atomic E-state index is 9.20. The van der Waals surface area contributed by atoms with E-state index in [9.17, 15) is 4.91 Å². The van der Waals surface area contributed by atoms with Crippen molar-refractivity contribution in [1.29, 1.82) is 0 Å². The fourth-order valence-corrected chi connectivity index (χ4v) is 0.169. The molecule has 0 saturated carbocycles. The molecule has 0 aromatic heterocycles. The Labute approximate surface area is 45.4 Å². The molecule has 0 saturated heterocycles. The smallest absolute Gasteiger partial charge is 0.130 e. The van der Waals surface area contributed by atoms with E-state index in [0.29, 0.717) is 0 Å². The molecule has 2 nitrogen and oxygen atoms in total. The van der Waals surface area contributed by atoms with Gasteiger partial charge in [0.25, 0.3) is 0 Å².